The molecule has 0 atom stereocenters. The molecule has 0 saturated heterocycles. The number of carbonyl (C=O) groups is 1. The van der Waals surface area contributed by atoms with Crippen LogP contribution in [0.5, 0.6) is 0 Å². The van der Waals surface area contributed by atoms with Crippen molar-refractivity contribution in [2.24, 2.45) is 0 Å². The van der Waals surface area contributed by atoms with E-state index >= 15 is 0 Å². The Morgan fingerprint density at radius 2 is 2.15 bits per heavy atom. The number of pyridine rings is 1. The Hall–Kier alpha value is -1.94. The normalized spacial score (nSPS) is 10.7. The number of benzene rings is 1. The molecule has 0 bridgehead atoms. The third-order valence-electron chi connectivity index (χ3n) is 3.12. The standard InChI is InChI=1S/C16H20N2O2/c1-2-20-12-16(19)18-10-5-6-13-9-11-17-15-8-4-3-7-14(13)15/h3-4,7-9,11H,2,5-6,10,12H2,1H3,(H,18,19). The lowest BCUT2D eigenvalue weighted by atomic mass is 10.0. The van der Waals surface area contributed by atoms with E-state index in [9.17, 15) is 4.79 Å². The number of carbonyl (C=O) groups excluding carboxylic acids is 1. The molecular weight excluding hydrogens is 252 g/mol. The molecule has 1 amide bonds. The Morgan fingerprint density at radius 1 is 1.30 bits per heavy atom. The second kappa shape index (κ2) is 7.60. The van der Waals surface area contributed by atoms with Crippen LogP contribution in [0.25, 0.3) is 10.9 Å². The Morgan fingerprint density at radius 3 is 3.00 bits per heavy atom. The van der Waals surface area contributed by atoms with Gasteiger partial charge in [-0.2, -0.15) is 0 Å². The lowest BCUT2D eigenvalue weighted by molar-refractivity contribution is -0.125. The summed E-state index contributed by atoms with van der Waals surface area (Å²) >= 11 is 0. The highest BCUT2D eigenvalue weighted by Crippen LogP contribution is 2.17. The number of ether oxygens (including phenoxy) is 1. The second-order valence-electron chi connectivity index (χ2n) is 4.58. The molecule has 1 aromatic heterocycles. The van der Waals surface area contributed by atoms with Gasteiger partial charge in [0.15, 0.2) is 0 Å². The highest BCUT2D eigenvalue weighted by Gasteiger charge is 2.02. The summed E-state index contributed by atoms with van der Waals surface area (Å²) in [4.78, 5) is 15.7. The number of aryl methyl sites for hydroxylation is 1. The number of nitrogens with zero attached hydrogens (tertiary/aromatic N) is 1. The molecule has 1 heterocycles. The van der Waals surface area contributed by atoms with E-state index in [1.807, 2.05) is 37.4 Å². The molecule has 0 saturated carbocycles. The van der Waals surface area contributed by atoms with E-state index in [-0.39, 0.29) is 12.5 Å². The van der Waals surface area contributed by atoms with Gasteiger partial charge in [0.05, 0.1) is 5.52 Å². The van der Waals surface area contributed by atoms with Crippen molar-refractivity contribution in [3.8, 4) is 0 Å². The monoisotopic (exact) mass is 272 g/mol. The quantitative estimate of drug-likeness (QED) is 0.787. The van der Waals surface area contributed by atoms with E-state index in [2.05, 4.69) is 16.4 Å². The summed E-state index contributed by atoms with van der Waals surface area (Å²) in [7, 11) is 0. The maximum absolute atomic E-state index is 11.4. The maximum atomic E-state index is 11.4. The average Bonchev–Trinajstić information content (AvgIpc) is 2.49. The van der Waals surface area contributed by atoms with Crippen molar-refractivity contribution < 1.29 is 9.53 Å². The van der Waals surface area contributed by atoms with Gasteiger partial charge in [-0.05, 0) is 37.5 Å². The molecule has 0 aliphatic rings. The number of rotatable bonds is 7. The predicted molar refractivity (Wildman–Crippen MR) is 79.6 cm³/mol. The lowest BCUT2D eigenvalue weighted by Gasteiger charge is -2.07. The Labute approximate surface area is 119 Å². The highest BCUT2D eigenvalue weighted by molar-refractivity contribution is 5.81. The van der Waals surface area contributed by atoms with Crippen LogP contribution in [0.1, 0.15) is 18.9 Å². The summed E-state index contributed by atoms with van der Waals surface area (Å²) in [6, 6.07) is 10.2. The minimum Gasteiger partial charge on any atom is -0.372 e. The molecule has 106 valence electrons. The minimum absolute atomic E-state index is 0.0496. The fourth-order valence-electron chi connectivity index (χ4n) is 2.13. The van der Waals surface area contributed by atoms with Gasteiger partial charge >= 0.3 is 0 Å². The highest BCUT2D eigenvalue weighted by atomic mass is 16.5. The van der Waals surface area contributed by atoms with Gasteiger partial charge in [0.25, 0.3) is 0 Å². The van der Waals surface area contributed by atoms with E-state index in [1.165, 1.54) is 10.9 Å². The van der Waals surface area contributed by atoms with Crippen LogP contribution in [-0.4, -0.2) is 30.6 Å². The van der Waals surface area contributed by atoms with E-state index < -0.39 is 0 Å². The van der Waals surface area contributed by atoms with Gasteiger partial charge in [0.1, 0.15) is 6.61 Å². The van der Waals surface area contributed by atoms with Crippen LogP contribution in [-0.2, 0) is 16.0 Å². The molecule has 0 aliphatic heterocycles. The van der Waals surface area contributed by atoms with Crippen molar-refractivity contribution in [2.75, 3.05) is 19.8 Å². The van der Waals surface area contributed by atoms with Crippen molar-refractivity contribution in [1.29, 1.82) is 0 Å². The van der Waals surface area contributed by atoms with E-state index in [0.717, 1.165) is 18.4 Å². The van der Waals surface area contributed by atoms with Gasteiger partial charge in [-0.1, -0.05) is 18.2 Å². The molecule has 20 heavy (non-hydrogen) atoms. The number of hydrogen-bond donors (Lipinski definition) is 1. The number of para-hydroxylation sites is 1. The first-order chi connectivity index (χ1) is 9.81. The average molecular weight is 272 g/mol. The fraction of sp³-hybridized carbons (Fsp3) is 0.375. The summed E-state index contributed by atoms with van der Waals surface area (Å²) < 4.78 is 5.05. The van der Waals surface area contributed by atoms with Crippen LogP contribution in [0.3, 0.4) is 0 Å². The zero-order valence-corrected chi connectivity index (χ0v) is 11.8. The van der Waals surface area contributed by atoms with Gasteiger partial charge in [0, 0.05) is 24.7 Å². The van der Waals surface area contributed by atoms with Crippen LogP contribution in [0.4, 0.5) is 0 Å². The Balaban J connectivity index is 1.83. The summed E-state index contributed by atoms with van der Waals surface area (Å²) in [6.07, 6.45) is 3.68. The Bertz CT molecular complexity index is 564. The maximum Gasteiger partial charge on any atom is 0.245 e. The van der Waals surface area contributed by atoms with Crippen LogP contribution in [0, 0.1) is 0 Å². The van der Waals surface area contributed by atoms with Gasteiger partial charge in [-0.15, -0.1) is 0 Å². The molecule has 2 rings (SSSR count). The first-order valence-corrected chi connectivity index (χ1v) is 6.98. The number of aromatic nitrogens is 1. The molecule has 0 spiro atoms. The lowest BCUT2D eigenvalue weighted by Crippen LogP contribution is -2.28. The first kappa shape index (κ1) is 14.5. The SMILES string of the molecule is CCOCC(=O)NCCCc1ccnc2ccccc12. The smallest absolute Gasteiger partial charge is 0.245 e. The summed E-state index contributed by atoms with van der Waals surface area (Å²) in [5.74, 6) is -0.0496. The van der Waals surface area contributed by atoms with Gasteiger partial charge in [-0.3, -0.25) is 9.78 Å². The minimum atomic E-state index is -0.0496. The molecule has 2 aromatic rings. The van der Waals surface area contributed by atoms with E-state index in [4.69, 9.17) is 4.74 Å². The number of fused-ring (bicyclic) bond motifs is 1. The first-order valence-electron chi connectivity index (χ1n) is 6.98. The Kier molecular flexibility index (Phi) is 5.50. The van der Waals surface area contributed by atoms with Gasteiger partial charge in [-0.25, -0.2) is 0 Å². The van der Waals surface area contributed by atoms with Crippen LogP contribution in [0.15, 0.2) is 36.5 Å². The van der Waals surface area contributed by atoms with Crippen molar-refractivity contribution in [1.82, 2.24) is 10.3 Å². The fourth-order valence-corrected chi connectivity index (χ4v) is 2.13. The predicted octanol–water partition coefficient (Wildman–Crippen LogP) is 2.32. The van der Waals surface area contributed by atoms with Crippen LogP contribution < -0.4 is 5.32 Å². The molecule has 4 nitrogen and oxygen atoms in total. The molecular formula is C16H20N2O2. The zero-order chi connectivity index (χ0) is 14.2. The summed E-state index contributed by atoms with van der Waals surface area (Å²) in [6.45, 7) is 3.26. The second-order valence-corrected chi connectivity index (χ2v) is 4.58. The van der Waals surface area contributed by atoms with Crippen molar-refractivity contribution in [3.05, 3.63) is 42.1 Å². The van der Waals surface area contributed by atoms with Crippen LogP contribution in [0.2, 0.25) is 0 Å². The number of nitrogens with one attached hydrogen (secondary N) is 1. The molecule has 4 heteroatoms. The topological polar surface area (TPSA) is 51.2 Å². The molecule has 0 fully saturated rings. The molecule has 1 N–H and O–H groups in total. The van der Waals surface area contributed by atoms with Gasteiger partial charge in [0.2, 0.25) is 5.91 Å². The van der Waals surface area contributed by atoms with Gasteiger partial charge < -0.3 is 10.1 Å². The van der Waals surface area contributed by atoms with E-state index in [0.29, 0.717) is 13.2 Å². The number of amides is 1. The third-order valence-corrected chi connectivity index (χ3v) is 3.12. The van der Waals surface area contributed by atoms with Crippen LogP contribution >= 0.6 is 0 Å². The van der Waals surface area contributed by atoms with Crippen molar-refractivity contribution >= 4 is 16.8 Å². The largest absolute Gasteiger partial charge is 0.372 e. The van der Waals surface area contributed by atoms with Crippen molar-refractivity contribution in [2.45, 2.75) is 19.8 Å². The third kappa shape index (κ3) is 4.03. The van der Waals surface area contributed by atoms with Crippen molar-refractivity contribution in [3.63, 3.8) is 0 Å². The molecule has 0 radical (unpaired) electrons. The molecule has 0 aliphatic carbocycles. The molecule has 0 unspecified atom stereocenters. The summed E-state index contributed by atoms with van der Waals surface area (Å²) in [5, 5.41) is 4.05. The summed E-state index contributed by atoms with van der Waals surface area (Å²) in [5.41, 5.74) is 2.29. The van der Waals surface area contributed by atoms with E-state index in [1.54, 1.807) is 0 Å². The zero-order valence-electron chi connectivity index (χ0n) is 11.8. The number of hydrogen-bond acceptors (Lipinski definition) is 3. The molecule has 1 aromatic carbocycles.